The zero-order chi connectivity index (χ0) is 19.7. The number of sulfone groups is 1. The van der Waals surface area contributed by atoms with Crippen molar-refractivity contribution in [3.63, 3.8) is 0 Å². The SMILES string of the molecule is CN1NNN=C1NC(=O)c1ccc(OC(F)(F)CBr)c(S(C)(=O)=O)c1Cl. The van der Waals surface area contributed by atoms with E-state index in [0.717, 1.165) is 18.4 Å². The summed E-state index contributed by atoms with van der Waals surface area (Å²) in [4.78, 5) is 11.6. The van der Waals surface area contributed by atoms with Crippen LogP contribution in [0.25, 0.3) is 0 Å². The molecule has 0 spiro atoms. The van der Waals surface area contributed by atoms with Gasteiger partial charge in [0, 0.05) is 13.3 Å². The van der Waals surface area contributed by atoms with Crippen molar-refractivity contribution in [2.75, 3.05) is 18.6 Å². The van der Waals surface area contributed by atoms with E-state index in [-0.39, 0.29) is 11.5 Å². The summed E-state index contributed by atoms with van der Waals surface area (Å²) in [5.74, 6) is -1.38. The number of halogens is 4. The molecule has 0 radical (unpaired) electrons. The minimum Gasteiger partial charge on any atom is -0.430 e. The number of rotatable bonds is 5. The van der Waals surface area contributed by atoms with Crippen LogP contribution >= 0.6 is 27.5 Å². The maximum atomic E-state index is 13.5. The van der Waals surface area contributed by atoms with E-state index < -0.39 is 42.9 Å². The molecular formula is C12H13BrClF2N5O4S. The van der Waals surface area contributed by atoms with Gasteiger partial charge in [-0.3, -0.25) is 15.1 Å². The number of carbonyl (C=O) groups is 1. The van der Waals surface area contributed by atoms with Crippen LogP contribution in [0.3, 0.4) is 0 Å². The number of hydrogen-bond donors (Lipinski definition) is 3. The third kappa shape index (κ3) is 4.52. The highest BCUT2D eigenvalue weighted by molar-refractivity contribution is 9.09. The van der Waals surface area contributed by atoms with Crippen LogP contribution in [0.2, 0.25) is 5.02 Å². The maximum absolute atomic E-state index is 13.5. The number of hydrazone groups is 1. The minimum atomic E-state index is -4.09. The Morgan fingerprint density at radius 1 is 1.50 bits per heavy atom. The summed E-state index contributed by atoms with van der Waals surface area (Å²) in [6, 6.07) is 2.01. The average Bonchev–Trinajstić information content (AvgIpc) is 2.90. The Balaban J connectivity index is 2.45. The Morgan fingerprint density at radius 2 is 2.15 bits per heavy atom. The molecule has 1 aliphatic heterocycles. The smallest absolute Gasteiger partial charge is 0.407 e. The first kappa shape index (κ1) is 20.6. The standard InChI is InChI=1S/C12H13BrClF2N5O4S/c1-21-11(18-19-20-21)17-10(22)6-3-4-7(25-12(15,16)5-13)9(8(6)14)26(2,23)24/h3-4,19-20H,5H2,1-2H3,(H,17,18,22). The molecule has 0 aromatic heterocycles. The number of nitrogens with zero attached hydrogens (tertiary/aromatic N) is 2. The zero-order valence-corrected chi connectivity index (χ0v) is 16.5. The zero-order valence-electron chi connectivity index (χ0n) is 13.3. The van der Waals surface area contributed by atoms with Gasteiger partial charge in [-0.25, -0.2) is 14.0 Å². The fraction of sp³-hybridized carbons (Fsp3) is 0.333. The van der Waals surface area contributed by atoms with E-state index in [0.29, 0.717) is 0 Å². The molecule has 0 atom stereocenters. The lowest BCUT2D eigenvalue weighted by Gasteiger charge is -2.19. The third-order valence-electron chi connectivity index (χ3n) is 3.01. The van der Waals surface area contributed by atoms with E-state index in [1.165, 1.54) is 5.01 Å². The van der Waals surface area contributed by atoms with Crippen LogP contribution in [0.1, 0.15) is 10.4 Å². The first-order chi connectivity index (χ1) is 12.0. The van der Waals surface area contributed by atoms with Gasteiger partial charge in [-0.2, -0.15) is 8.78 Å². The third-order valence-corrected chi connectivity index (χ3v) is 5.32. The van der Waals surface area contributed by atoms with Crippen molar-refractivity contribution in [2.45, 2.75) is 11.0 Å². The highest BCUT2D eigenvalue weighted by atomic mass is 79.9. The van der Waals surface area contributed by atoms with Gasteiger partial charge in [-0.15, -0.1) is 10.6 Å². The lowest BCUT2D eigenvalue weighted by Crippen LogP contribution is -2.45. The van der Waals surface area contributed by atoms with Crippen molar-refractivity contribution in [3.05, 3.63) is 22.7 Å². The second kappa shape index (κ2) is 7.50. The van der Waals surface area contributed by atoms with Crippen molar-refractivity contribution in [1.82, 2.24) is 21.4 Å². The second-order valence-electron chi connectivity index (χ2n) is 5.07. The quantitative estimate of drug-likeness (QED) is 0.545. The molecule has 1 aromatic rings. The van der Waals surface area contributed by atoms with Gasteiger partial charge in [0.25, 0.3) is 5.91 Å². The largest absolute Gasteiger partial charge is 0.430 e. The molecule has 14 heteroatoms. The van der Waals surface area contributed by atoms with E-state index in [2.05, 4.69) is 42.2 Å². The van der Waals surface area contributed by atoms with E-state index in [1.54, 1.807) is 7.05 Å². The number of nitrogens with one attached hydrogen (secondary N) is 3. The summed E-state index contributed by atoms with van der Waals surface area (Å²) in [6.07, 6.45) is -2.91. The van der Waals surface area contributed by atoms with Crippen molar-refractivity contribution in [3.8, 4) is 5.75 Å². The van der Waals surface area contributed by atoms with Crippen LogP contribution in [0.15, 0.2) is 22.1 Å². The summed E-state index contributed by atoms with van der Waals surface area (Å²) in [7, 11) is -2.55. The molecule has 3 N–H and O–H groups in total. The molecule has 144 valence electrons. The van der Waals surface area contributed by atoms with Crippen molar-refractivity contribution < 1.29 is 26.7 Å². The summed E-state index contributed by atoms with van der Waals surface area (Å²) in [5.41, 5.74) is 4.67. The van der Waals surface area contributed by atoms with Gasteiger partial charge in [0.15, 0.2) is 9.84 Å². The molecular weight excluding hydrogens is 464 g/mol. The van der Waals surface area contributed by atoms with E-state index in [4.69, 9.17) is 11.6 Å². The summed E-state index contributed by atoms with van der Waals surface area (Å²) in [6.45, 7) is 0. The Bertz CT molecular complexity index is 867. The number of benzene rings is 1. The Morgan fingerprint density at radius 3 is 2.65 bits per heavy atom. The van der Waals surface area contributed by atoms with Crippen LogP contribution in [0.5, 0.6) is 5.75 Å². The molecule has 0 unspecified atom stereocenters. The molecule has 1 aliphatic rings. The first-order valence-electron chi connectivity index (χ1n) is 6.75. The van der Waals surface area contributed by atoms with Gasteiger partial charge >= 0.3 is 6.11 Å². The predicted octanol–water partition coefficient (Wildman–Crippen LogP) is 1.07. The lowest BCUT2D eigenvalue weighted by atomic mass is 10.2. The van der Waals surface area contributed by atoms with Gasteiger partial charge in [-0.1, -0.05) is 27.5 Å². The van der Waals surface area contributed by atoms with Crippen LogP contribution in [-0.2, 0) is 9.84 Å². The van der Waals surface area contributed by atoms with Crippen molar-refractivity contribution >= 4 is 49.2 Å². The van der Waals surface area contributed by atoms with Crippen LogP contribution in [0.4, 0.5) is 8.78 Å². The fourth-order valence-electron chi connectivity index (χ4n) is 1.89. The molecule has 1 aromatic carbocycles. The first-order valence-corrected chi connectivity index (χ1v) is 10.1. The van der Waals surface area contributed by atoms with Gasteiger partial charge in [0.2, 0.25) is 5.96 Å². The number of guanidine groups is 1. The molecule has 0 saturated carbocycles. The Kier molecular flexibility index (Phi) is 5.95. The lowest BCUT2D eigenvalue weighted by molar-refractivity contribution is -0.154. The highest BCUT2D eigenvalue weighted by Crippen LogP contribution is 2.37. The minimum absolute atomic E-state index is 0.0816. The van der Waals surface area contributed by atoms with E-state index in [1.807, 2.05) is 0 Å². The number of hydrogen-bond acceptors (Lipinski definition) is 8. The highest BCUT2D eigenvalue weighted by Gasteiger charge is 2.34. The monoisotopic (exact) mass is 475 g/mol. The summed E-state index contributed by atoms with van der Waals surface area (Å²) in [5, 5.41) is 6.02. The Labute approximate surface area is 160 Å². The van der Waals surface area contributed by atoms with Crippen molar-refractivity contribution in [1.29, 1.82) is 0 Å². The molecule has 0 bridgehead atoms. The molecule has 0 aliphatic carbocycles. The molecule has 1 amide bonds. The Hall–Kier alpha value is -1.70. The van der Waals surface area contributed by atoms with E-state index in [9.17, 15) is 22.0 Å². The molecule has 0 fully saturated rings. The molecule has 1 heterocycles. The molecule has 0 saturated heterocycles. The number of amides is 1. The molecule has 9 nitrogen and oxygen atoms in total. The number of ether oxygens (including phenoxy) is 1. The number of alkyl halides is 3. The van der Waals surface area contributed by atoms with Gasteiger partial charge < -0.3 is 4.74 Å². The molecule has 2 rings (SSSR count). The number of carbonyl (C=O) groups excluding carboxylic acids is 1. The second-order valence-corrected chi connectivity index (χ2v) is 7.96. The van der Waals surface area contributed by atoms with Gasteiger partial charge in [0.05, 0.1) is 10.6 Å². The van der Waals surface area contributed by atoms with Crippen LogP contribution in [-0.4, -0.2) is 50.0 Å². The topological polar surface area (TPSA) is 112 Å². The summed E-state index contributed by atoms with van der Waals surface area (Å²) < 4.78 is 55.5. The predicted molar refractivity (Wildman–Crippen MR) is 92.9 cm³/mol. The summed E-state index contributed by atoms with van der Waals surface area (Å²) >= 11 is 8.59. The maximum Gasteiger partial charge on any atom is 0.407 e. The molecule has 26 heavy (non-hydrogen) atoms. The number of hydrazine groups is 2. The van der Waals surface area contributed by atoms with Crippen molar-refractivity contribution in [2.24, 2.45) is 5.10 Å². The van der Waals surface area contributed by atoms with Gasteiger partial charge in [-0.05, 0) is 12.1 Å². The van der Waals surface area contributed by atoms with Crippen LogP contribution < -0.4 is 21.1 Å². The van der Waals surface area contributed by atoms with E-state index >= 15 is 0 Å². The van der Waals surface area contributed by atoms with Gasteiger partial charge in [0.1, 0.15) is 16.0 Å². The average molecular weight is 477 g/mol. The fourth-order valence-corrected chi connectivity index (χ4v) is 3.58. The van der Waals surface area contributed by atoms with Crippen LogP contribution in [0, 0.1) is 0 Å². The normalized spacial score (nSPS) is 14.7.